The minimum Gasteiger partial charge on any atom is -0.368 e. The molecule has 124 valence electrons. The molecule has 0 amide bonds. The van der Waals surface area contributed by atoms with E-state index in [9.17, 15) is 19.8 Å². The molecule has 0 saturated heterocycles. The van der Waals surface area contributed by atoms with Crippen LogP contribution in [0.15, 0.2) is 0 Å². The van der Waals surface area contributed by atoms with Crippen molar-refractivity contribution in [1.82, 2.24) is 0 Å². The van der Waals surface area contributed by atoms with Gasteiger partial charge in [0, 0.05) is 23.7 Å². The van der Waals surface area contributed by atoms with Crippen molar-refractivity contribution in [1.29, 1.82) is 0 Å². The van der Waals surface area contributed by atoms with E-state index >= 15 is 0 Å². The van der Waals surface area contributed by atoms with E-state index in [-0.39, 0.29) is 11.2 Å². The topological polar surface area (TPSA) is 74.6 Å². The first-order chi connectivity index (χ1) is 9.60. The minimum absolute atomic E-state index is 0.192. The second kappa shape index (κ2) is 9.31. The molecule has 0 saturated carbocycles. The highest BCUT2D eigenvalue weighted by molar-refractivity contribution is 5.78. The monoisotopic (exact) mass is 300 g/mol. The standard InChI is InChI=1S/C17H32O4/c1-16(2,13-18)11-8-6-5-7-9-14(19)10-12-17(3,4)15(20)21/h13,15,20-21H,5-12H2,1-4H3. The summed E-state index contributed by atoms with van der Waals surface area (Å²) >= 11 is 0. The van der Waals surface area contributed by atoms with Crippen molar-refractivity contribution in [2.45, 2.75) is 85.4 Å². The lowest BCUT2D eigenvalue weighted by Crippen LogP contribution is -2.29. The van der Waals surface area contributed by atoms with Crippen LogP contribution in [0.25, 0.3) is 0 Å². The number of hydrogen-bond acceptors (Lipinski definition) is 4. The lowest BCUT2D eigenvalue weighted by molar-refractivity contribution is -0.131. The van der Waals surface area contributed by atoms with Gasteiger partial charge in [-0.25, -0.2) is 0 Å². The molecule has 0 aromatic heterocycles. The zero-order chi connectivity index (χ0) is 16.5. The number of carbonyl (C=O) groups excluding carboxylic acids is 2. The Kier molecular flexibility index (Phi) is 8.98. The first-order valence-electron chi connectivity index (χ1n) is 7.95. The van der Waals surface area contributed by atoms with E-state index in [1.54, 1.807) is 13.8 Å². The van der Waals surface area contributed by atoms with Gasteiger partial charge in [-0.2, -0.15) is 0 Å². The van der Waals surface area contributed by atoms with Crippen LogP contribution in [-0.2, 0) is 9.59 Å². The van der Waals surface area contributed by atoms with Crippen LogP contribution < -0.4 is 0 Å². The molecule has 0 aliphatic heterocycles. The van der Waals surface area contributed by atoms with Crippen molar-refractivity contribution in [2.24, 2.45) is 10.8 Å². The number of aliphatic hydroxyl groups excluding tert-OH is 1. The van der Waals surface area contributed by atoms with Crippen LogP contribution in [0.1, 0.15) is 79.1 Å². The fourth-order valence-electron chi connectivity index (χ4n) is 2.03. The van der Waals surface area contributed by atoms with Crippen molar-refractivity contribution in [3.63, 3.8) is 0 Å². The summed E-state index contributed by atoms with van der Waals surface area (Å²) in [5, 5.41) is 18.3. The summed E-state index contributed by atoms with van der Waals surface area (Å²) in [7, 11) is 0. The van der Waals surface area contributed by atoms with Crippen LogP contribution in [0.5, 0.6) is 0 Å². The summed E-state index contributed by atoms with van der Waals surface area (Å²) in [6, 6.07) is 0. The summed E-state index contributed by atoms with van der Waals surface area (Å²) in [4.78, 5) is 22.5. The van der Waals surface area contributed by atoms with Crippen molar-refractivity contribution < 1.29 is 19.8 Å². The average molecular weight is 300 g/mol. The number of Topliss-reactive ketones (excluding diaryl/α,β-unsaturated/α-hetero) is 1. The molecule has 0 radical (unpaired) electrons. The molecule has 0 aliphatic carbocycles. The predicted molar refractivity (Wildman–Crippen MR) is 83.8 cm³/mol. The number of unbranched alkanes of at least 4 members (excludes halogenated alkanes) is 3. The summed E-state index contributed by atoms with van der Waals surface area (Å²) < 4.78 is 0. The Morgan fingerprint density at radius 3 is 2.05 bits per heavy atom. The second-order valence-corrected chi connectivity index (χ2v) is 7.42. The number of aliphatic hydroxyl groups is 2. The van der Waals surface area contributed by atoms with Crippen LogP contribution in [0.2, 0.25) is 0 Å². The molecular formula is C17H32O4. The zero-order valence-electron chi connectivity index (χ0n) is 14.0. The fourth-order valence-corrected chi connectivity index (χ4v) is 2.03. The van der Waals surface area contributed by atoms with Crippen LogP contribution in [0.4, 0.5) is 0 Å². The highest BCUT2D eigenvalue weighted by Gasteiger charge is 2.26. The van der Waals surface area contributed by atoms with Crippen LogP contribution in [0.3, 0.4) is 0 Å². The van der Waals surface area contributed by atoms with Crippen LogP contribution in [0, 0.1) is 10.8 Å². The van der Waals surface area contributed by atoms with Crippen LogP contribution in [-0.4, -0.2) is 28.6 Å². The molecular weight excluding hydrogens is 268 g/mol. The minimum atomic E-state index is -1.38. The smallest absolute Gasteiger partial charge is 0.156 e. The van der Waals surface area contributed by atoms with Crippen molar-refractivity contribution >= 4 is 12.1 Å². The molecule has 0 aliphatic rings. The third-order valence-electron chi connectivity index (χ3n) is 4.09. The molecule has 0 atom stereocenters. The Morgan fingerprint density at radius 1 is 0.952 bits per heavy atom. The Morgan fingerprint density at radius 2 is 1.52 bits per heavy atom. The van der Waals surface area contributed by atoms with Gasteiger partial charge in [0.15, 0.2) is 6.29 Å². The molecule has 0 rings (SSSR count). The van der Waals surface area contributed by atoms with Gasteiger partial charge in [0.2, 0.25) is 0 Å². The number of hydrogen-bond donors (Lipinski definition) is 2. The van der Waals surface area contributed by atoms with Gasteiger partial charge in [0.25, 0.3) is 0 Å². The van der Waals surface area contributed by atoms with Crippen molar-refractivity contribution in [3.8, 4) is 0 Å². The van der Waals surface area contributed by atoms with E-state index in [1.807, 2.05) is 13.8 Å². The Bertz CT molecular complexity index is 319. The summed E-state index contributed by atoms with van der Waals surface area (Å²) in [5.74, 6) is 0.192. The molecule has 0 heterocycles. The van der Waals surface area contributed by atoms with Gasteiger partial charge in [-0.15, -0.1) is 0 Å². The number of ketones is 1. The van der Waals surface area contributed by atoms with Gasteiger partial charge in [0.05, 0.1) is 0 Å². The lowest BCUT2D eigenvalue weighted by atomic mass is 9.85. The number of rotatable bonds is 12. The van der Waals surface area contributed by atoms with E-state index in [1.165, 1.54) is 0 Å². The highest BCUT2D eigenvalue weighted by atomic mass is 16.5. The van der Waals surface area contributed by atoms with E-state index in [0.717, 1.165) is 38.4 Å². The van der Waals surface area contributed by atoms with Crippen LogP contribution >= 0.6 is 0 Å². The second-order valence-electron chi connectivity index (χ2n) is 7.42. The van der Waals surface area contributed by atoms with Gasteiger partial charge in [-0.05, 0) is 19.3 Å². The Hall–Kier alpha value is -0.740. The molecule has 0 bridgehead atoms. The molecule has 2 N–H and O–H groups in total. The maximum Gasteiger partial charge on any atom is 0.156 e. The first-order valence-corrected chi connectivity index (χ1v) is 7.95. The van der Waals surface area contributed by atoms with Gasteiger partial charge in [-0.3, -0.25) is 4.79 Å². The molecule has 0 aromatic carbocycles. The predicted octanol–water partition coefficient (Wildman–Crippen LogP) is 3.24. The molecule has 0 fully saturated rings. The lowest BCUT2D eigenvalue weighted by Gasteiger charge is -2.26. The zero-order valence-corrected chi connectivity index (χ0v) is 14.0. The van der Waals surface area contributed by atoms with Crippen molar-refractivity contribution in [3.05, 3.63) is 0 Å². The summed E-state index contributed by atoms with van der Waals surface area (Å²) in [6.07, 6.45) is 5.94. The van der Waals surface area contributed by atoms with Crippen molar-refractivity contribution in [2.75, 3.05) is 0 Å². The van der Waals surface area contributed by atoms with Gasteiger partial charge in [0.1, 0.15) is 12.1 Å². The Labute approximate surface area is 128 Å². The molecule has 0 unspecified atom stereocenters. The molecule has 0 aromatic rings. The SMILES string of the molecule is CC(C)(C=O)CCCCCCC(=O)CCC(C)(C)C(O)O. The van der Waals surface area contributed by atoms with E-state index in [2.05, 4.69) is 0 Å². The third kappa shape index (κ3) is 9.75. The fraction of sp³-hybridized carbons (Fsp3) is 0.882. The van der Waals surface area contributed by atoms with E-state index in [4.69, 9.17) is 0 Å². The average Bonchev–Trinajstić information content (AvgIpc) is 2.40. The largest absolute Gasteiger partial charge is 0.368 e. The third-order valence-corrected chi connectivity index (χ3v) is 4.09. The Balaban J connectivity index is 3.66. The summed E-state index contributed by atoms with van der Waals surface area (Å²) in [6.45, 7) is 7.39. The van der Waals surface area contributed by atoms with Gasteiger partial charge in [-0.1, -0.05) is 47.0 Å². The van der Waals surface area contributed by atoms with Gasteiger partial charge >= 0.3 is 0 Å². The van der Waals surface area contributed by atoms with Gasteiger partial charge < -0.3 is 15.0 Å². The quantitative estimate of drug-likeness (QED) is 0.329. The normalized spacial score (nSPS) is 12.7. The number of aldehydes is 1. The molecule has 4 heteroatoms. The number of carbonyl (C=O) groups is 2. The molecule has 21 heavy (non-hydrogen) atoms. The first kappa shape index (κ1) is 20.3. The highest BCUT2D eigenvalue weighted by Crippen LogP contribution is 2.26. The summed E-state index contributed by atoms with van der Waals surface area (Å²) in [5.41, 5.74) is -0.859. The van der Waals surface area contributed by atoms with E-state index in [0.29, 0.717) is 19.3 Å². The van der Waals surface area contributed by atoms with E-state index < -0.39 is 11.7 Å². The molecule has 0 spiro atoms. The maximum atomic E-state index is 11.7. The maximum absolute atomic E-state index is 11.7. The molecule has 4 nitrogen and oxygen atoms in total.